The van der Waals surface area contributed by atoms with Crippen LogP contribution in [-0.2, 0) is 16.8 Å². The average molecular weight is 306 g/mol. The summed E-state index contributed by atoms with van der Waals surface area (Å²) in [5, 5.41) is 3.62. The third kappa shape index (κ3) is 5.88. The third-order valence-electron chi connectivity index (χ3n) is 2.68. The van der Waals surface area contributed by atoms with Crippen molar-refractivity contribution < 1.29 is 8.42 Å². The van der Waals surface area contributed by atoms with Crippen LogP contribution in [0.1, 0.15) is 12.0 Å². The molecule has 5 nitrogen and oxygen atoms in total. The lowest BCUT2D eigenvalue weighted by atomic mass is 10.2. The van der Waals surface area contributed by atoms with Crippen molar-refractivity contribution in [2.24, 2.45) is 0 Å². The van der Waals surface area contributed by atoms with Gasteiger partial charge in [0.15, 0.2) is 0 Å². The molecule has 0 heterocycles. The summed E-state index contributed by atoms with van der Waals surface area (Å²) in [4.78, 5) is 0. The van der Waals surface area contributed by atoms with Crippen LogP contribution in [0.25, 0.3) is 0 Å². The molecule has 0 atom stereocenters. The van der Waals surface area contributed by atoms with Crippen LogP contribution in [0.4, 0.5) is 0 Å². The first-order chi connectivity index (χ1) is 8.95. The summed E-state index contributed by atoms with van der Waals surface area (Å²) in [5.41, 5.74) is 0.872. The average Bonchev–Trinajstić information content (AvgIpc) is 2.38. The normalized spacial score (nSPS) is 12.0. The van der Waals surface area contributed by atoms with Gasteiger partial charge < -0.3 is 5.32 Å². The number of halogens is 1. The van der Waals surface area contributed by atoms with E-state index in [0.717, 1.165) is 18.5 Å². The van der Waals surface area contributed by atoms with E-state index in [9.17, 15) is 8.42 Å². The van der Waals surface area contributed by atoms with E-state index in [1.165, 1.54) is 4.31 Å². The Morgan fingerprint density at radius 1 is 1.26 bits per heavy atom. The summed E-state index contributed by atoms with van der Waals surface area (Å²) in [6.45, 7) is 1.53. The summed E-state index contributed by atoms with van der Waals surface area (Å²) < 4.78 is 27.7. The molecule has 0 fully saturated rings. The molecule has 0 aliphatic carbocycles. The fourth-order valence-corrected chi connectivity index (χ4v) is 2.55. The second-order valence-corrected chi connectivity index (χ2v) is 6.53. The molecule has 0 saturated carbocycles. The van der Waals surface area contributed by atoms with Crippen LogP contribution < -0.4 is 10.0 Å². The Hall–Kier alpha value is -0.660. The van der Waals surface area contributed by atoms with Gasteiger partial charge in [-0.3, -0.25) is 0 Å². The Kier molecular flexibility index (Phi) is 6.74. The van der Waals surface area contributed by atoms with E-state index in [-0.39, 0.29) is 6.54 Å². The van der Waals surface area contributed by atoms with Gasteiger partial charge in [0.2, 0.25) is 0 Å². The Labute approximate surface area is 120 Å². The van der Waals surface area contributed by atoms with E-state index >= 15 is 0 Å². The van der Waals surface area contributed by atoms with E-state index in [1.54, 1.807) is 31.3 Å². The second-order valence-electron chi connectivity index (χ2n) is 4.23. The molecule has 0 aliphatic heterocycles. The number of nitrogens with zero attached hydrogens (tertiary/aromatic N) is 1. The van der Waals surface area contributed by atoms with Crippen LogP contribution in [0.2, 0.25) is 5.02 Å². The molecule has 19 heavy (non-hydrogen) atoms. The van der Waals surface area contributed by atoms with E-state index in [2.05, 4.69) is 10.0 Å². The smallest absolute Gasteiger partial charge is 0.279 e. The predicted octanol–water partition coefficient (Wildman–Crippen LogP) is 1.22. The van der Waals surface area contributed by atoms with Crippen molar-refractivity contribution in [3.05, 3.63) is 34.9 Å². The minimum Gasteiger partial charge on any atom is -0.320 e. The van der Waals surface area contributed by atoms with Gasteiger partial charge in [-0.05, 0) is 37.7 Å². The van der Waals surface area contributed by atoms with Crippen molar-refractivity contribution in [2.75, 3.05) is 27.2 Å². The molecule has 2 N–H and O–H groups in total. The molecule has 0 bridgehead atoms. The van der Waals surface area contributed by atoms with Gasteiger partial charge >= 0.3 is 0 Å². The maximum Gasteiger partial charge on any atom is 0.279 e. The number of hydrogen-bond donors (Lipinski definition) is 2. The van der Waals surface area contributed by atoms with Crippen LogP contribution in [0.3, 0.4) is 0 Å². The first-order valence-corrected chi connectivity index (χ1v) is 7.87. The van der Waals surface area contributed by atoms with Gasteiger partial charge in [0.1, 0.15) is 0 Å². The quantitative estimate of drug-likeness (QED) is 0.710. The van der Waals surface area contributed by atoms with Gasteiger partial charge in [0.25, 0.3) is 10.2 Å². The number of hydrogen-bond acceptors (Lipinski definition) is 3. The van der Waals surface area contributed by atoms with Gasteiger partial charge in [-0.2, -0.15) is 17.4 Å². The molecule has 1 aromatic carbocycles. The Bertz CT molecular complexity index is 476. The van der Waals surface area contributed by atoms with Crippen molar-refractivity contribution in [3.63, 3.8) is 0 Å². The number of rotatable bonds is 8. The summed E-state index contributed by atoms with van der Waals surface area (Å²) in [6, 6.07) is 7.07. The highest BCUT2D eigenvalue weighted by Crippen LogP contribution is 2.09. The van der Waals surface area contributed by atoms with E-state index in [1.807, 2.05) is 7.05 Å². The van der Waals surface area contributed by atoms with Gasteiger partial charge in [0, 0.05) is 25.2 Å². The Morgan fingerprint density at radius 2 is 1.89 bits per heavy atom. The molecule has 108 valence electrons. The summed E-state index contributed by atoms with van der Waals surface area (Å²) >= 11 is 5.77. The van der Waals surface area contributed by atoms with Gasteiger partial charge in [0.05, 0.1) is 0 Å². The van der Waals surface area contributed by atoms with Crippen molar-refractivity contribution in [1.29, 1.82) is 0 Å². The third-order valence-corrected chi connectivity index (χ3v) is 4.45. The first kappa shape index (κ1) is 16.4. The van der Waals surface area contributed by atoms with Crippen molar-refractivity contribution in [1.82, 2.24) is 14.3 Å². The zero-order chi connectivity index (χ0) is 14.3. The highest BCUT2D eigenvalue weighted by molar-refractivity contribution is 7.87. The van der Waals surface area contributed by atoms with Crippen LogP contribution in [0.15, 0.2) is 24.3 Å². The largest absolute Gasteiger partial charge is 0.320 e. The van der Waals surface area contributed by atoms with Crippen LogP contribution in [0.5, 0.6) is 0 Å². The lowest BCUT2D eigenvalue weighted by molar-refractivity contribution is 0.447. The van der Waals surface area contributed by atoms with E-state index < -0.39 is 10.2 Å². The summed E-state index contributed by atoms with van der Waals surface area (Å²) in [7, 11) is -0.0166. The zero-order valence-corrected chi connectivity index (χ0v) is 12.8. The molecule has 0 spiro atoms. The molecule has 1 rings (SSSR count). The van der Waals surface area contributed by atoms with Gasteiger partial charge in [-0.15, -0.1) is 0 Å². The second kappa shape index (κ2) is 7.81. The number of benzene rings is 1. The molecular weight excluding hydrogens is 286 g/mol. The molecule has 1 aromatic rings. The lowest BCUT2D eigenvalue weighted by Gasteiger charge is -2.17. The van der Waals surface area contributed by atoms with Crippen LogP contribution >= 0.6 is 11.6 Å². The minimum absolute atomic E-state index is 0.260. The standard InChI is InChI=1S/C12H20ClN3O2S/c1-14-8-3-9-16(2)19(17,18)15-10-11-4-6-12(13)7-5-11/h4-7,14-15H,3,8-10H2,1-2H3. The van der Waals surface area contributed by atoms with Crippen molar-refractivity contribution in [2.45, 2.75) is 13.0 Å². The molecule has 7 heteroatoms. The fourth-order valence-electron chi connectivity index (χ4n) is 1.49. The van der Waals surface area contributed by atoms with Gasteiger partial charge in [-0.25, -0.2) is 0 Å². The highest BCUT2D eigenvalue weighted by atomic mass is 35.5. The zero-order valence-electron chi connectivity index (χ0n) is 11.2. The maximum absolute atomic E-state index is 11.9. The SMILES string of the molecule is CNCCCN(C)S(=O)(=O)NCc1ccc(Cl)cc1. The van der Waals surface area contributed by atoms with E-state index in [4.69, 9.17) is 11.6 Å². The Morgan fingerprint density at radius 3 is 2.47 bits per heavy atom. The molecule has 0 aliphatic rings. The molecule has 0 radical (unpaired) electrons. The minimum atomic E-state index is -3.43. The summed E-state index contributed by atoms with van der Waals surface area (Å²) in [6.07, 6.45) is 0.773. The van der Waals surface area contributed by atoms with E-state index in [0.29, 0.717) is 11.6 Å². The first-order valence-electron chi connectivity index (χ1n) is 6.05. The van der Waals surface area contributed by atoms with Crippen molar-refractivity contribution in [3.8, 4) is 0 Å². The predicted molar refractivity (Wildman–Crippen MR) is 78.4 cm³/mol. The van der Waals surface area contributed by atoms with Crippen molar-refractivity contribution >= 4 is 21.8 Å². The van der Waals surface area contributed by atoms with Gasteiger partial charge in [-0.1, -0.05) is 23.7 Å². The Balaban J connectivity index is 2.47. The lowest BCUT2D eigenvalue weighted by Crippen LogP contribution is -2.38. The number of nitrogens with one attached hydrogen (secondary N) is 2. The molecule has 0 unspecified atom stereocenters. The fraction of sp³-hybridized carbons (Fsp3) is 0.500. The molecule has 0 aromatic heterocycles. The molecule has 0 saturated heterocycles. The summed E-state index contributed by atoms with van der Waals surface area (Å²) in [5.74, 6) is 0. The monoisotopic (exact) mass is 305 g/mol. The molecular formula is C12H20ClN3O2S. The molecule has 0 amide bonds. The topological polar surface area (TPSA) is 61.4 Å². The maximum atomic E-state index is 11.9. The van der Waals surface area contributed by atoms with Crippen LogP contribution in [0, 0.1) is 0 Å². The highest BCUT2D eigenvalue weighted by Gasteiger charge is 2.16. The van der Waals surface area contributed by atoms with Crippen LogP contribution in [-0.4, -0.2) is 39.9 Å².